The van der Waals surface area contributed by atoms with Crippen LogP contribution in [0.2, 0.25) is 0 Å². The number of benzene rings is 4. The summed E-state index contributed by atoms with van der Waals surface area (Å²) < 4.78 is 43.3. The molecule has 1 aliphatic heterocycles. The van der Waals surface area contributed by atoms with E-state index in [1.165, 1.54) is 0 Å². The lowest BCUT2D eigenvalue weighted by Gasteiger charge is -2.36. The van der Waals surface area contributed by atoms with Crippen LogP contribution in [0.15, 0.2) is 126 Å². The summed E-state index contributed by atoms with van der Waals surface area (Å²) in [6, 6.07) is 32.2. The molecule has 0 aliphatic carbocycles. The van der Waals surface area contributed by atoms with E-state index in [4.69, 9.17) is 9.47 Å². The lowest BCUT2D eigenvalue weighted by Crippen LogP contribution is -2.31. The van der Waals surface area contributed by atoms with E-state index in [0.29, 0.717) is 6.42 Å². The third-order valence-corrected chi connectivity index (χ3v) is 10.3. The Morgan fingerprint density at radius 2 is 1.64 bits per heavy atom. The van der Waals surface area contributed by atoms with Crippen molar-refractivity contribution in [3.05, 3.63) is 138 Å². The van der Waals surface area contributed by atoms with Crippen LogP contribution in [-0.4, -0.2) is 34.9 Å². The van der Waals surface area contributed by atoms with Gasteiger partial charge < -0.3 is 19.1 Å². The van der Waals surface area contributed by atoms with Crippen molar-refractivity contribution in [3.63, 3.8) is 0 Å². The fourth-order valence-corrected chi connectivity index (χ4v) is 7.26. The molecular weight excluding hydrogens is 607 g/mol. The number of aromatic nitrogens is 2. The molecule has 3 unspecified atom stereocenters. The van der Waals surface area contributed by atoms with Gasteiger partial charge in [0, 0.05) is 43.7 Å². The number of aliphatic hydroxyl groups is 1. The van der Waals surface area contributed by atoms with Gasteiger partial charge in [-0.1, -0.05) is 90.6 Å². The number of imidazole rings is 1. The van der Waals surface area contributed by atoms with E-state index in [-0.39, 0.29) is 30.3 Å². The topological polar surface area (TPSA) is 103 Å². The summed E-state index contributed by atoms with van der Waals surface area (Å²) in [6.45, 7) is 0.166. The molecule has 0 spiro atoms. The molecule has 1 aromatic heterocycles. The minimum atomic E-state index is -3.62. The van der Waals surface area contributed by atoms with Crippen LogP contribution < -0.4 is 4.72 Å². The number of hydrogen-bond acceptors (Lipinski definition) is 7. The Morgan fingerprint density at radius 3 is 2.38 bits per heavy atom. The minimum absolute atomic E-state index is 0.00658. The van der Waals surface area contributed by atoms with E-state index in [0.717, 1.165) is 44.3 Å². The van der Waals surface area contributed by atoms with Crippen molar-refractivity contribution in [2.75, 3.05) is 5.75 Å². The lowest BCUT2D eigenvalue weighted by molar-refractivity contribution is -0.245. The summed E-state index contributed by atoms with van der Waals surface area (Å²) in [5.41, 5.74) is 5.57. The maximum atomic E-state index is 12.7. The molecule has 4 aromatic carbocycles. The maximum absolute atomic E-state index is 12.7. The molecule has 3 atom stereocenters. The molecule has 45 heavy (non-hydrogen) atoms. The number of nitrogens with zero attached hydrogens (tertiary/aromatic N) is 2. The van der Waals surface area contributed by atoms with Gasteiger partial charge in [0.05, 0.1) is 23.7 Å². The first-order valence-electron chi connectivity index (χ1n) is 14.7. The normalized spacial score (nSPS) is 18.6. The van der Waals surface area contributed by atoms with Crippen LogP contribution in [0, 0.1) is 0 Å². The van der Waals surface area contributed by atoms with Gasteiger partial charge in [0.25, 0.3) is 0 Å². The van der Waals surface area contributed by atoms with Crippen molar-refractivity contribution in [1.29, 1.82) is 0 Å². The molecule has 0 radical (unpaired) electrons. The van der Waals surface area contributed by atoms with Gasteiger partial charge in [-0.15, -0.1) is 0 Å². The summed E-state index contributed by atoms with van der Waals surface area (Å²) >= 11 is 1.66. The van der Waals surface area contributed by atoms with Crippen LogP contribution in [0.25, 0.3) is 11.1 Å². The third kappa shape index (κ3) is 7.73. The minimum Gasteiger partial charge on any atom is -0.392 e. The zero-order valence-corrected chi connectivity index (χ0v) is 26.5. The van der Waals surface area contributed by atoms with E-state index in [2.05, 4.69) is 15.8 Å². The number of aryl methyl sites for hydroxylation is 1. The van der Waals surface area contributed by atoms with Gasteiger partial charge in [-0.3, -0.25) is 0 Å². The first-order valence-corrected chi connectivity index (χ1v) is 17.2. The average molecular weight is 642 g/mol. The summed E-state index contributed by atoms with van der Waals surface area (Å²) in [5.74, 6) is 0.719. The number of thioether (sulfide) groups is 1. The molecule has 2 N–H and O–H groups in total. The molecular formula is C35H35N3O5S2. The second-order valence-corrected chi connectivity index (χ2v) is 13.7. The number of hydrogen-bond donors (Lipinski definition) is 2. The predicted molar refractivity (Wildman–Crippen MR) is 175 cm³/mol. The quantitative estimate of drug-likeness (QED) is 0.161. The van der Waals surface area contributed by atoms with Gasteiger partial charge in [0.2, 0.25) is 10.0 Å². The van der Waals surface area contributed by atoms with Gasteiger partial charge in [-0.25, -0.2) is 18.1 Å². The van der Waals surface area contributed by atoms with Crippen LogP contribution in [0.5, 0.6) is 0 Å². The highest BCUT2D eigenvalue weighted by atomic mass is 32.2. The number of rotatable bonds is 11. The fourth-order valence-electron chi connectivity index (χ4n) is 5.27. The Bertz CT molecular complexity index is 1830. The fraction of sp³-hybridized carbons (Fsp3) is 0.229. The maximum Gasteiger partial charge on any atom is 0.240 e. The van der Waals surface area contributed by atoms with Crippen molar-refractivity contribution in [3.8, 4) is 11.1 Å². The largest absolute Gasteiger partial charge is 0.392 e. The molecule has 0 amide bonds. The Morgan fingerprint density at radius 1 is 0.889 bits per heavy atom. The monoisotopic (exact) mass is 641 g/mol. The molecule has 0 bridgehead atoms. The van der Waals surface area contributed by atoms with Crippen LogP contribution in [0.3, 0.4) is 0 Å². The Hall–Kier alpha value is -3.77. The van der Waals surface area contributed by atoms with E-state index in [1.54, 1.807) is 48.3 Å². The zero-order chi connectivity index (χ0) is 31.2. The first-order chi connectivity index (χ1) is 21.9. The van der Waals surface area contributed by atoms with Gasteiger partial charge in [0.1, 0.15) is 0 Å². The van der Waals surface area contributed by atoms with Crippen molar-refractivity contribution in [2.45, 2.75) is 48.1 Å². The van der Waals surface area contributed by atoms with Gasteiger partial charge >= 0.3 is 0 Å². The Labute approximate surface area is 268 Å². The van der Waals surface area contributed by atoms with Crippen LogP contribution in [0.4, 0.5) is 0 Å². The second kappa shape index (κ2) is 14.1. The summed E-state index contributed by atoms with van der Waals surface area (Å²) in [5, 5.41) is 10.4. The van der Waals surface area contributed by atoms with Crippen LogP contribution >= 0.6 is 11.8 Å². The third-order valence-electron chi connectivity index (χ3n) is 7.73. The highest BCUT2D eigenvalue weighted by molar-refractivity contribution is 7.99. The molecule has 232 valence electrons. The first kappa shape index (κ1) is 31.2. The van der Waals surface area contributed by atoms with E-state index >= 15 is 0 Å². The van der Waals surface area contributed by atoms with Crippen LogP contribution in [-0.2, 0) is 39.7 Å². The summed E-state index contributed by atoms with van der Waals surface area (Å²) in [4.78, 5) is 4.68. The number of aliphatic hydroxyl groups excluding tert-OH is 1. The van der Waals surface area contributed by atoms with Gasteiger partial charge in [-0.05, 0) is 52.1 Å². The highest BCUT2D eigenvalue weighted by Gasteiger charge is 2.32. The van der Waals surface area contributed by atoms with Crippen molar-refractivity contribution in [2.24, 2.45) is 7.05 Å². The second-order valence-electron chi connectivity index (χ2n) is 10.9. The highest BCUT2D eigenvalue weighted by Crippen LogP contribution is 2.40. The lowest BCUT2D eigenvalue weighted by atomic mass is 9.99. The summed E-state index contributed by atoms with van der Waals surface area (Å²) in [7, 11) is -1.64. The molecule has 1 saturated heterocycles. The SMILES string of the molecule is Cn1ccnc1SCC1CC(c2ccc(CO)cc2)OC(c2cccc(-c3cccc(CNS(=O)(=O)c4ccccc4)c3)c2)O1. The van der Waals surface area contributed by atoms with E-state index in [1.807, 2.05) is 84.5 Å². The predicted octanol–water partition coefficient (Wildman–Crippen LogP) is 6.40. The van der Waals surface area contributed by atoms with Crippen molar-refractivity contribution in [1.82, 2.24) is 14.3 Å². The number of sulfonamides is 1. The Kier molecular flexibility index (Phi) is 9.79. The molecule has 1 fully saturated rings. The van der Waals surface area contributed by atoms with Gasteiger partial charge in [-0.2, -0.15) is 0 Å². The average Bonchev–Trinajstić information content (AvgIpc) is 3.51. The smallest absolute Gasteiger partial charge is 0.240 e. The molecule has 5 aromatic rings. The molecule has 2 heterocycles. The molecule has 1 aliphatic rings. The standard InChI is InChI=1S/C35H35N3O5S2/c1-38-18-17-36-35(38)44-24-31-21-33(27-15-13-25(23-39)14-16-27)43-34(42-31)30-10-6-9-29(20-30)28-8-5-7-26(19-28)22-37-45(40,41)32-11-3-2-4-12-32/h2-20,31,33-34,37,39H,21-24H2,1H3. The van der Waals surface area contributed by atoms with E-state index < -0.39 is 16.3 Å². The summed E-state index contributed by atoms with van der Waals surface area (Å²) in [6.07, 6.45) is 3.55. The zero-order valence-electron chi connectivity index (χ0n) is 24.8. The Balaban J connectivity index is 1.21. The van der Waals surface area contributed by atoms with Crippen molar-refractivity contribution < 1.29 is 23.0 Å². The number of nitrogens with one attached hydrogen (secondary N) is 1. The van der Waals surface area contributed by atoms with Crippen molar-refractivity contribution >= 4 is 21.8 Å². The molecule has 8 nitrogen and oxygen atoms in total. The molecule has 6 rings (SSSR count). The molecule has 0 saturated carbocycles. The molecule has 10 heteroatoms. The number of ether oxygens (including phenoxy) is 2. The van der Waals surface area contributed by atoms with E-state index in [9.17, 15) is 13.5 Å². The van der Waals surface area contributed by atoms with Gasteiger partial charge in [0.15, 0.2) is 11.4 Å². The van der Waals surface area contributed by atoms with Crippen LogP contribution in [0.1, 0.15) is 41.1 Å².